The first-order valence-corrected chi connectivity index (χ1v) is 15.0. The van der Waals surface area contributed by atoms with Gasteiger partial charge in [0.05, 0.1) is 36.0 Å². The van der Waals surface area contributed by atoms with Crippen LogP contribution >= 0.6 is 0 Å². The quantitative estimate of drug-likeness (QED) is 0.0577. The highest BCUT2D eigenvalue weighted by Crippen LogP contribution is 2.36. The van der Waals surface area contributed by atoms with E-state index in [2.05, 4.69) is 51.7 Å². The fraction of sp³-hybridized carbons (Fsp3) is 0.118. The lowest BCUT2D eigenvalue weighted by Crippen LogP contribution is -1.92. The van der Waals surface area contributed by atoms with Gasteiger partial charge < -0.3 is 19.7 Å². The summed E-state index contributed by atoms with van der Waals surface area (Å²) in [5, 5.41) is 47.2. The Kier molecular flexibility index (Phi) is 9.52. The highest BCUT2D eigenvalue weighted by atomic mass is 16.5. The molecule has 0 amide bonds. The molecule has 6 rings (SSSR count). The van der Waals surface area contributed by atoms with Crippen LogP contribution in [0.5, 0.6) is 23.0 Å². The van der Waals surface area contributed by atoms with E-state index in [-0.39, 0.29) is 11.5 Å². The molecule has 0 aliphatic carbocycles. The average Bonchev–Trinajstić information content (AvgIpc) is 3.11. The summed E-state index contributed by atoms with van der Waals surface area (Å²) in [5.41, 5.74) is 10.1. The molecule has 240 valence electrons. The van der Waals surface area contributed by atoms with Crippen LogP contribution < -0.4 is 20.3 Å². The van der Waals surface area contributed by atoms with Gasteiger partial charge in [-0.25, -0.2) is 0 Å². The normalized spacial score (nSPS) is 11.6. The zero-order valence-electron chi connectivity index (χ0n) is 25.9. The van der Waals surface area contributed by atoms with E-state index in [4.69, 9.17) is 9.47 Å². The number of azo groups is 1. The Morgan fingerprint density at radius 2 is 1.04 bits per heavy atom. The number of pyridine rings is 2. The molecule has 4 N–H and O–H groups in total. The third-order valence-electron chi connectivity index (χ3n) is 6.92. The van der Waals surface area contributed by atoms with Crippen molar-refractivity contribution in [3.05, 3.63) is 97.3 Å². The first-order chi connectivity index (χ1) is 23.5. The van der Waals surface area contributed by atoms with Crippen LogP contribution in [-0.2, 0) is 0 Å². The Labute approximate surface area is 274 Å². The first kappa shape index (κ1) is 31.3. The third-order valence-corrected chi connectivity index (χ3v) is 6.92. The second-order valence-corrected chi connectivity index (χ2v) is 10.1. The lowest BCUT2D eigenvalue weighted by atomic mass is 10.2. The van der Waals surface area contributed by atoms with E-state index in [0.29, 0.717) is 80.6 Å². The summed E-state index contributed by atoms with van der Waals surface area (Å²) < 4.78 is 11.6. The molecule has 0 atom stereocenters. The average molecular weight is 643 g/mol. The number of hydrogen-bond donors (Lipinski definition) is 4. The number of benzene rings is 4. The molecule has 6 aromatic rings. The highest BCUT2D eigenvalue weighted by Gasteiger charge is 2.09. The molecule has 0 bridgehead atoms. The number of phenolic OH excluding ortho intramolecular Hbond substituents is 2. The summed E-state index contributed by atoms with van der Waals surface area (Å²) in [6.45, 7) is 4.56. The van der Waals surface area contributed by atoms with Crippen LogP contribution in [0.4, 0.5) is 34.1 Å². The Morgan fingerprint density at radius 3 is 1.48 bits per heavy atom. The van der Waals surface area contributed by atoms with Gasteiger partial charge in [-0.15, -0.1) is 10.2 Å². The Bertz CT molecular complexity index is 2020. The lowest BCUT2D eigenvalue weighted by Gasteiger charge is -2.08. The van der Waals surface area contributed by atoms with Crippen LogP contribution in [0.15, 0.2) is 128 Å². The SMILES string of the molecule is CCOc1cc(/N=N/c2ccc(N=NNc3ccc(O)c4ncccc34)c(OCC)c2)ccc1N=NNc1ccc(O)c2ncccc12. The molecule has 0 aliphatic heterocycles. The van der Waals surface area contributed by atoms with E-state index >= 15 is 0 Å². The van der Waals surface area contributed by atoms with Crippen LogP contribution in [0.3, 0.4) is 0 Å². The van der Waals surface area contributed by atoms with Crippen molar-refractivity contribution in [3.63, 3.8) is 0 Å². The number of rotatable bonds is 12. The number of nitrogens with one attached hydrogen (secondary N) is 2. The lowest BCUT2D eigenvalue weighted by molar-refractivity contribution is 0.341. The molecule has 0 radical (unpaired) electrons. The van der Waals surface area contributed by atoms with E-state index in [9.17, 15) is 10.2 Å². The number of ether oxygens (including phenoxy) is 2. The summed E-state index contributed by atoms with van der Waals surface area (Å²) >= 11 is 0. The number of aromatic hydroxyl groups is 2. The van der Waals surface area contributed by atoms with Gasteiger partial charge in [0.15, 0.2) is 0 Å². The predicted octanol–water partition coefficient (Wildman–Crippen LogP) is 9.63. The van der Waals surface area contributed by atoms with E-state index in [1.165, 1.54) is 0 Å². The molecule has 0 fully saturated rings. The van der Waals surface area contributed by atoms with Crippen LogP contribution in [0.2, 0.25) is 0 Å². The molecule has 0 saturated heterocycles. The molecule has 0 unspecified atom stereocenters. The monoisotopic (exact) mass is 642 g/mol. The van der Waals surface area contributed by atoms with Crippen LogP contribution in [0.25, 0.3) is 21.8 Å². The largest absolute Gasteiger partial charge is 0.506 e. The zero-order chi connectivity index (χ0) is 33.3. The number of nitrogens with zero attached hydrogens (tertiary/aromatic N) is 8. The van der Waals surface area contributed by atoms with E-state index in [0.717, 1.165) is 0 Å². The standard InChI is InChI=1S/C34H30N10O4/c1-3-47-31-19-21(9-11-27(31)41-43-39-25-13-15-29(45)33-23(25)7-5-17-35-33)37-38-22-10-12-28(32(20-22)48-4-2)42-44-40-26-14-16-30(46)34-24(26)8-6-18-36-34/h5-20,45-46H,3-4H2,1-2H3,(H,39,41)(H,40,42)/b38-37+. The maximum atomic E-state index is 10.1. The minimum absolute atomic E-state index is 0.0818. The number of fused-ring (bicyclic) bond motifs is 2. The van der Waals surface area contributed by atoms with E-state index in [1.54, 1.807) is 85.2 Å². The van der Waals surface area contributed by atoms with Gasteiger partial charge in [0.25, 0.3) is 0 Å². The van der Waals surface area contributed by atoms with Crippen molar-refractivity contribution in [3.8, 4) is 23.0 Å². The first-order valence-electron chi connectivity index (χ1n) is 15.0. The van der Waals surface area contributed by atoms with Crippen molar-refractivity contribution in [1.29, 1.82) is 0 Å². The van der Waals surface area contributed by atoms with Gasteiger partial charge in [-0.1, -0.05) is 10.4 Å². The van der Waals surface area contributed by atoms with Gasteiger partial charge in [-0.05, 0) is 86.6 Å². The molecule has 0 aliphatic rings. The summed E-state index contributed by atoms with van der Waals surface area (Å²) in [4.78, 5) is 8.44. The Morgan fingerprint density at radius 1 is 0.583 bits per heavy atom. The van der Waals surface area contributed by atoms with Gasteiger partial charge in [-0.3, -0.25) is 20.8 Å². The second kappa shape index (κ2) is 14.6. The number of phenols is 2. The summed E-state index contributed by atoms with van der Waals surface area (Å²) in [6, 6.07) is 24.1. The minimum Gasteiger partial charge on any atom is -0.506 e. The fourth-order valence-corrected chi connectivity index (χ4v) is 4.73. The molecule has 4 aromatic carbocycles. The van der Waals surface area contributed by atoms with Gasteiger partial charge >= 0.3 is 0 Å². The van der Waals surface area contributed by atoms with Crippen molar-refractivity contribution in [2.75, 3.05) is 24.1 Å². The van der Waals surface area contributed by atoms with Gasteiger partial charge in [0.2, 0.25) is 0 Å². The predicted molar refractivity (Wildman–Crippen MR) is 182 cm³/mol. The molecule has 14 nitrogen and oxygen atoms in total. The Balaban J connectivity index is 1.16. The van der Waals surface area contributed by atoms with Gasteiger partial charge in [0, 0.05) is 35.3 Å². The molecule has 48 heavy (non-hydrogen) atoms. The van der Waals surface area contributed by atoms with E-state index < -0.39 is 0 Å². The van der Waals surface area contributed by atoms with Crippen LogP contribution in [0, 0.1) is 0 Å². The van der Waals surface area contributed by atoms with Gasteiger partial charge in [0.1, 0.15) is 45.4 Å². The topological polar surface area (TPSA) is 183 Å². The van der Waals surface area contributed by atoms with Crippen LogP contribution in [-0.4, -0.2) is 33.4 Å². The van der Waals surface area contributed by atoms with Crippen molar-refractivity contribution >= 4 is 55.9 Å². The minimum atomic E-state index is 0.0818. The van der Waals surface area contributed by atoms with Crippen LogP contribution in [0.1, 0.15) is 13.8 Å². The molecule has 2 aromatic heterocycles. The summed E-state index contributed by atoms with van der Waals surface area (Å²) in [5.74, 6) is 1.12. The molecule has 0 spiro atoms. The molecular weight excluding hydrogens is 612 g/mol. The number of aromatic nitrogens is 2. The third kappa shape index (κ3) is 7.07. The molecular formula is C34H30N10O4. The summed E-state index contributed by atoms with van der Waals surface area (Å²) in [7, 11) is 0. The van der Waals surface area contributed by atoms with Crippen molar-refractivity contribution in [2.45, 2.75) is 13.8 Å². The molecule has 14 heteroatoms. The second-order valence-electron chi connectivity index (χ2n) is 10.1. The molecule has 0 saturated carbocycles. The van der Waals surface area contributed by atoms with Crippen molar-refractivity contribution < 1.29 is 19.7 Å². The Hall–Kier alpha value is -6.70. The fourth-order valence-electron chi connectivity index (χ4n) is 4.73. The maximum absolute atomic E-state index is 10.1. The highest BCUT2D eigenvalue weighted by molar-refractivity contribution is 5.95. The maximum Gasteiger partial charge on any atom is 0.149 e. The van der Waals surface area contributed by atoms with Crippen molar-refractivity contribution in [2.24, 2.45) is 30.9 Å². The van der Waals surface area contributed by atoms with Gasteiger partial charge in [-0.2, -0.15) is 10.2 Å². The summed E-state index contributed by atoms with van der Waals surface area (Å²) in [6.07, 6.45) is 3.22. The van der Waals surface area contributed by atoms with Crippen molar-refractivity contribution in [1.82, 2.24) is 9.97 Å². The molecule has 2 heterocycles. The number of hydrogen-bond acceptors (Lipinski definition) is 12. The van der Waals surface area contributed by atoms with E-state index in [1.807, 2.05) is 26.0 Å². The smallest absolute Gasteiger partial charge is 0.149 e. The number of anilines is 2. The zero-order valence-corrected chi connectivity index (χ0v) is 25.9.